The average molecular weight is 275 g/mol. The van der Waals surface area contributed by atoms with Crippen LogP contribution >= 0.6 is 12.6 Å². The summed E-state index contributed by atoms with van der Waals surface area (Å²) in [4.78, 5) is 12.1. The van der Waals surface area contributed by atoms with Crippen molar-refractivity contribution in [3.8, 4) is 0 Å². The fourth-order valence-electron chi connectivity index (χ4n) is 2.26. The van der Waals surface area contributed by atoms with Gasteiger partial charge in [-0.3, -0.25) is 4.79 Å². The summed E-state index contributed by atoms with van der Waals surface area (Å²) in [5.41, 5.74) is 1.21. The maximum absolute atomic E-state index is 12.1. The molecular formula is C16H21NOS. The number of fused-ring (bicyclic) bond motifs is 1. The van der Waals surface area contributed by atoms with Gasteiger partial charge in [0.25, 0.3) is 5.56 Å². The lowest BCUT2D eigenvalue weighted by atomic mass is 9.82. The molecule has 1 atom stereocenters. The zero-order valence-electron chi connectivity index (χ0n) is 11.8. The molecule has 0 aliphatic carbocycles. The first-order valence-electron chi connectivity index (χ1n) is 6.63. The first kappa shape index (κ1) is 14.2. The molecule has 0 fully saturated rings. The highest BCUT2D eigenvalue weighted by molar-refractivity contribution is 7.80. The Morgan fingerprint density at radius 1 is 1.16 bits per heavy atom. The van der Waals surface area contributed by atoms with E-state index in [-0.39, 0.29) is 11.0 Å². The number of pyridine rings is 1. The molecule has 0 aliphatic heterocycles. The lowest BCUT2D eigenvalue weighted by Crippen LogP contribution is -2.31. The Labute approximate surface area is 119 Å². The Kier molecular flexibility index (Phi) is 4.04. The van der Waals surface area contributed by atoms with Crippen molar-refractivity contribution in [2.45, 2.75) is 27.3 Å². The summed E-state index contributed by atoms with van der Waals surface area (Å²) in [6.07, 6.45) is 0. The van der Waals surface area contributed by atoms with Crippen LogP contribution < -0.4 is 5.56 Å². The molecule has 1 heterocycles. The number of rotatable bonds is 3. The number of hydrogen-bond donors (Lipinski definition) is 1. The zero-order chi connectivity index (χ0) is 14.0. The van der Waals surface area contributed by atoms with E-state index in [2.05, 4.69) is 33.4 Å². The van der Waals surface area contributed by atoms with Crippen LogP contribution in [0.2, 0.25) is 0 Å². The van der Waals surface area contributed by atoms with E-state index in [1.54, 1.807) is 6.07 Å². The van der Waals surface area contributed by atoms with Crippen LogP contribution in [-0.2, 0) is 6.54 Å². The van der Waals surface area contributed by atoms with E-state index < -0.39 is 0 Å². The molecule has 0 saturated carbocycles. The summed E-state index contributed by atoms with van der Waals surface area (Å²) < 4.78 is 1.88. The van der Waals surface area contributed by atoms with Crippen LogP contribution in [-0.4, -0.2) is 10.3 Å². The van der Waals surface area contributed by atoms with Crippen molar-refractivity contribution in [1.29, 1.82) is 0 Å². The van der Waals surface area contributed by atoms with Crippen LogP contribution in [0.4, 0.5) is 0 Å². The van der Waals surface area contributed by atoms with Gasteiger partial charge in [0.1, 0.15) is 0 Å². The summed E-state index contributed by atoms with van der Waals surface area (Å²) in [5.74, 6) is 1.14. The summed E-state index contributed by atoms with van der Waals surface area (Å²) in [6.45, 7) is 7.31. The topological polar surface area (TPSA) is 22.0 Å². The van der Waals surface area contributed by atoms with Crippen molar-refractivity contribution < 1.29 is 0 Å². The monoisotopic (exact) mass is 275 g/mol. The molecule has 2 nitrogen and oxygen atoms in total. The van der Waals surface area contributed by atoms with Gasteiger partial charge >= 0.3 is 0 Å². The van der Waals surface area contributed by atoms with Gasteiger partial charge in [0, 0.05) is 12.6 Å². The maximum atomic E-state index is 12.1. The van der Waals surface area contributed by atoms with Crippen LogP contribution in [0.3, 0.4) is 0 Å². The third-order valence-corrected chi connectivity index (χ3v) is 4.19. The summed E-state index contributed by atoms with van der Waals surface area (Å²) in [5, 5.41) is 1.11. The Morgan fingerprint density at radius 2 is 1.84 bits per heavy atom. The van der Waals surface area contributed by atoms with Crippen LogP contribution in [0.15, 0.2) is 41.2 Å². The maximum Gasteiger partial charge on any atom is 0.251 e. The molecule has 0 aliphatic rings. The van der Waals surface area contributed by atoms with Crippen molar-refractivity contribution in [2.24, 2.45) is 11.3 Å². The Morgan fingerprint density at radius 3 is 2.47 bits per heavy atom. The normalized spacial score (nSPS) is 13.7. The molecule has 0 bridgehead atoms. The van der Waals surface area contributed by atoms with E-state index in [9.17, 15) is 4.79 Å². The fourth-order valence-corrected chi connectivity index (χ4v) is 2.92. The van der Waals surface area contributed by atoms with Gasteiger partial charge in [-0.2, -0.15) is 12.6 Å². The van der Waals surface area contributed by atoms with E-state index >= 15 is 0 Å². The molecule has 1 unspecified atom stereocenters. The Balaban J connectivity index is 2.50. The smallest absolute Gasteiger partial charge is 0.251 e. The number of aromatic nitrogens is 1. The Bertz CT molecular complexity index is 624. The van der Waals surface area contributed by atoms with E-state index in [0.717, 1.165) is 16.7 Å². The van der Waals surface area contributed by atoms with Crippen LogP contribution in [0.1, 0.15) is 20.8 Å². The second-order valence-electron chi connectivity index (χ2n) is 6.09. The molecule has 0 N–H and O–H groups in total. The lowest BCUT2D eigenvalue weighted by molar-refractivity contribution is 0.239. The molecule has 19 heavy (non-hydrogen) atoms. The van der Waals surface area contributed by atoms with E-state index in [0.29, 0.717) is 12.5 Å². The fraction of sp³-hybridized carbons (Fsp3) is 0.438. The number of hydrogen-bond acceptors (Lipinski definition) is 2. The average Bonchev–Trinajstić information content (AvgIpc) is 2.36. The van der Waals surface area contributed by atoms with Gasteiger partial charge in [-0.1, -0.05) is 39.0 Å². The van der Waals surface area contributed by atoms with Crippen molar-refractivity contribution in [2.75, 3.05) is 5.75 Å². The molecule has 0 amide bonds. The number of nitrogens with zero attached hydrogens (tertiary/aromatic N) is 1. The molecule has 2 aromatic rings. The molecule has 102 valence electrons. The quantitative estimate of drug-likeness (QED) is 0.850. The highest BCUT2D eigenvalue weighted by Gasteiger charge is 2.24. The highest BCUT2D eigenvalue weighted by Crippen LogP contribution is 2.28. The third-order valence-electron chi connectivity index (χ3n) is 3.75. The van der Waals surface area contributed by atoms with Gasteiger partial charge in [0.05, 0.1) is 5.52 Å². The number of thiol groups is 1. The second-order valence-corrected chi connectivity index (χ2v) is 6.45. The van der Waals surface area contributed by atoms with E-state index in [1.165, 1.54) is 0 Å². The molecule has 2 rings (SSSR count). The first-order valence-corrected chi connectivity index (χ1v) is 7.26. The molecular weight excluding hydrogens is 254 g/mol. The highest BCUT2D eigenvalue weighted by atomic mass is 32.1. The minimum Gasteiger partial charge on any atom is -0.308 e. The zero-order valence-corrected chi connectivity index (χ0v) is 12.7. The van der Waals surface area contributed by atoms with Crippen molar-refractivity contribution >= 4 is 23.5 Å². The molecule has 1 aromatic heterocycles. The molecule has 1 aromatic carbocycles. The second kappa shape index (κ2) is 5.41. The van der Waals surface area contributed by atoms with Crippen molar-refractivity contribution in [1.82, 2.24) is 4.57 Å². The van der Waals surface area contributed by atoms with Crippen molar-refractivity contribution in [3.05, 3.63) is 46.8 Å². The predicted octanol–water partition coefficient (Wildman–Crippen LogP) is 3.59. The van der Waals surface area contributed by atoms with E-state index in [4.69, 9.17) is 0 Å². The predicted molar refractivity (Wildman–Crippen MR) is 85.0 cm³/mol. The van der Waals surface area contributed by atoms with Crippen LogP contribution in [0.5, 0.6) is 0 Å². The number of para-hydroxylation sites is 1. The Hall–Kier alpha value is -1.22. The molecule has 3 heteroatoms. The van der Waals surface area contributed by atoms with Crippen molar-refractivity contribution in [3.63, 3.8) is 0 Å². The molecule has 0 spiro atoms. The van der Waals surface area contributed by atoms with Crippen LogP contribution in [0.25, 0.3) is 10.9 Å². The SMILES string of the molecule is CC(C)(C)C(CS)Cn1c(=O)ccc2ccccc21. The van der Waals surface area contributed by atoms with Gasteiger partial charge in [-0.15, -0.1) is 0 Å². The largest absolute Gasteiger partial charge is 0.308 e. The van der Waals surface area contributed by atoms with Gasteiger partial charge in [0.15, 0.2) is 0 Å². The van der Waals surface area contributed by atoms with Gasteiger partial charge in [0.2, 0.25) is 0 Å². The lowest BCUT2D eigenvalue weighted by Gasteiger charge is -2.30. The first-order chi connectivity index (χ1) is 8.93. The number of benzene rings is 1. The van der Waals surface area contributed by atoms with Gasteiger partial charge in [-0.25, -0.2) is 0 Å². The van der Waals surface area contributed by atoms with Gasteiger partial charge in [-0.05, 0) is 34.6 Å². The summed E-state index contributed by atoms with van der Waals surface area (Å²) in [7, 11) is 0. The molecule has 0 radical (unpaired) electrons. The minimum absolute atomic E-state index is 0.0646. The van der Waals surface area contributed by atoms with E-state index in [1.807, 2.05) is 34.9 Å². The summed E-state index contributed by atoms with van der Waals surface area (Å²) >= 11 is 4.45. The van der Waals surface area contributed by atoms with Crippen LogP contribution in [0, 0.1) is 11.3 Å². The standard InChI is InChI=1S/C16H21NOS/c1-16(2,3)13(11-19)10-17-14-7-5-4-6-12(14)8-9-15(17)18/h4-9,13,19H,10-11H2,1-3H3. The third kappa shape index (κ3) is 3.03. The summed E-state index contributed by atoms with van der Waals surface area (Å²) in [6, 6.07) is 11.6. The minimum atomic E-state index is 0.0646. The van der Waals surface area contributed by atoms with Gasteiger partial charge < -0.3 is 4.57 Å². The molecule has 0 saturated heterocycles.